The molecule has 1 saturated heterocycles. The molecule has 0 radical (unpaired) electrons. The first-order valence-corrected chi connectivity index (χ1v) is 8.07. The molecule has 1 aromatic carbocycles. The molecule has 0 spiro atoms. The van der Waals surface area contributed by atoms with Crippen molar-refractivity contribution in [3.63, 3.8) is 0 Å². The number of aliphatic hydroxyl groups excluding tert-OH is 1. The van der Waals surface area contributed by atoms with Crippen molar-refractivity contribution < 1.29 is 9.90 Å². The lowest BCUT2D eigenvalue weighted by Crippen LogP contribution is -2.50. The van der Waals surface area contributed by atoms with Gasteiger partial charge in [-0.25, -0.2) is 4.79 Å². The first-order valence-electron chi connectivity index (χ1n) is 8.07. The molecule has 0 aromatic heterocycles. The molecule has 1 heterocycles. The summed E-state index contributed by atoms with van der Waals surface area (Å²) in [4.78, 5) is 14.2. The third-order valence-electron chi connectivity index (χ3n) is 4.35. The Bertz CT molecular complexity index is 458. The summed E-state index contributed by atoms with van der Waals surface area (Å²) in [5.41, 5.74) is 1.34. The third kappa shape index (κ3) is 4.71. The SMILES string of the molecule is CC(c1ccccc1)N1CCC(NC(=O)N[C@@H](C)CO)CC1. The highest BCUT2D eigenvalue weighted by molar-refractivity contribution is 5.74. The van der Waals surface area contributed by atoms with Gasteiger partial charge in [0.1, 0.15) is 0 Å². The van der Waals surface area contributed by atoms with Gasteiger partial charge in [0.15, 0.2) is 0 Å². The van der Waals surface area contributed by atoms with Gasteiger partial charge in [-0.15, -0.1) is 0 Å². The van der Waals surface area contributed by atoms with Gasteiger partial charge in [0.25, 0.3) is 0 Å². The van der Waals surface area contributed by atoms with E-state index in [1.54, 1.807) is 6.92 Å². The minimum Gasteiger partial charge on any atom is -0.394 e. The van der Waals surface area contributed by atoms with E-state index in [0.717, 1.165) is 25.9 Å². The Hall–Kier alpha value is -1.59. The topological polar surface area (TPSA) is 64.6 Å². The monoisotopic (exact) mass is 305 g/mol. The molecule has 0 bridgehead atoms. The van der Waals surface area contributed by atoms with E-state index in [0.29, 0.717) is 6.04 Å². The number of aliphatic hydroxyl groups is 1. The van der Waals surface area contributed by atoms with Crippen molar-refractivity contribution in [3.8, 4) is 0 Å². The van der Waals surface area contributed by atoms with Crippen LogP contribution in [0.4, 0.5) is 4.79 Å². The zero-order chi connectivity index (χ0) is 15.9. The number of rotatable bonds is 5. The van der Waals surface area contributed by atoms with Gasteiger partial charge in [-0.1, -0.05) is 30.3 Å². The van der Waals surface area contributed by atoms with Crippen LogP contribution in [0.2, 0.25) is 0 Å². The average Bonchev–Trinajstić information content (AvgIpc) is 2.55. The molecule has 22 heavy (non-hydrogen) atoms. The van der Waals surface area contributed by atoms with Crippen LogP contribution in [0.1, 0.15) is 38.3 Å². The van der Waals surface area contributed by atoms with E-state index in [2.05, 4.69) is 46.7 Å². The summed E-state index contributed by atoms with van der Waals surface area (Å²) >= 11 is 0. The second kappa shape index (κ2) is 8.15. The summed E-state index contributed by atoms with van der Waals surface area (Å²) in [6, 6.07) is 10.7. The van der Waals surface area contributed by atoms with Crippen LogP contribution in [-0.2, 0) is 0 Å². The predicted octanol–water partition coefficient (Wildman–Crippen LogP) is 1.89. The molecule has 1 fully saturated rings. The predicted molar refractivity (Wildman–Crippen MR) is 87.7 cm³/mol. The molecule has 3 N–H and O–H groups in total. The number of carbonyl (C=O) groups is 1. The Morgan fingerprint density at radius 3 is 2.50 bits per heavy atom. The number of piperidine rings is 1. The lowest BCUT2D eigenvalue weighted by atomic mass is 10.0. The van der Waals surface area contributed by atoms with Crippen molar-refractivity contribution in [1.29, 1.82) is 0 Å². The number of carbonyl (C=O) groups excluding carboxylic acids is 1. The molecule has 122 valence electrons. The van der Waals surface area contributed by atoms with Gasteiger partial charge >= 0.3 is 6.03 Å². The van der Waals surface area contributed by atoms with Gasteiger partial charge in [0, 0.05) is 25.2 Å². The molecule has 2 rings (SSSR count). The van der Waals surface area contributed by atoms with Crippen LogP contribution in [-0.4, -0.2) is 47.8 Å². The lowest BCUT2D eigenvalue weighted by molar-refractivity contribution is 0.152. The number of hydrogen-bond acceptors (Lipinski definition) is 3. The lowest BCUT2D eigenvalue weighted by Gasteiger charge is -2.36. The molecule has 2 amide bonds. The van der Waals surface area contributed by atoms with E-state index in [4.69, 9.17) is 5.11 Å². The van der Waals surface area contributed by atoms with Crippen LogP contribution < -0.4 is 10.6 Å². The summed E-state index contributed by atoms with van der Waals surface area (Å²) in [6.45, 7) is 5.94. The van der Waals surface area contributed by atoms with Crippen molar-refractivity contribution in [1.82, 2.24) is 15.5 Å². The van der Waals surface area contributed by atoms with Gasteiger partial charge in [0.05, 0.1) is 12.6 Å². The Morgan fingerprint density at radius 2 is 1.91 bits per heavy atom. The normalized spacial score (nSPS) is 19.4. The van der Waals surface area contributed by atoms with Crippen LogP contribution in [0, 0.1) is 0 Å². The van der Waals surface area contributed by atoms with E-state index in [-0.39, 0.29) is 24.7 Å². The molecule has 1 aliphatic heterocycles. The first-order chi connectivity index (χ1) is 10.6. The smallest absolute Gasteiger partial charge is 0.315 e. The second-order valence-corrected chi connectivity index (χ2v) is 6.10. The average molecular weight is 305 g/mol. The molecule has 1 unspecified atom stereocenters. The molecular formula is C17H27N3O2. The van der Waals surface area contributed by atoms with Gasteiger partial charge in [0.2, 0.25) is 0 Å². The molecule has 1 aromatic rings. The number of urea groups is 1. The molecule has 0 aliphatic carbocycles. The Balaban J connectivity index is 1.77. The fourth-order valence-corrected chi connectivity index (χ4v) is 2.87. The van der Waals surface area contributed by atoms with E-state index < -0.39 is 0 Å². The van der Waals surface area contributed by atoms with Crippen LogP contribution in [0.15, 0.2) is 30.3 Å². The molecule has 5 nitrogen and oxygen atoms in total. The van der Waals surface area contributed by atoms with Crippen LogP contribution in [0.25, 0.3) is 0 Å². The Kier molecular flexibility index (Phi) is 6.21. The number of amides is 2. The minimum atomic E-state index is -0.210. The van der Waals surface area contributed by atoms with E-state index >= 15 is 0 Å². The molecule has 5 heteroatoms. The van der Waals surface area contributed by atoms with Crippen LogP contribution in [0.5, 0.6) is 0 Å². The summed E-state index contributed by atoms with van der Waals surface area (Å²) in [5.74, 6) is 0. The fourth-order valence-electron chi connectivity index (χ4n) is 2.87. The maximum Gasteiger partial charge on any atom is 0.315 e. The van der Waals surface area contributed by atoms with Crippen LogP contribution in [0.3, 0.4) is 0 Å². The van der Waals surface area contributed by atoms with Crippen molar-refractivity contribution >= 4 is 6.03 Å². The summed E-state index contributed by atoms with van der Waals surface area (Å²) in [7, 11) is 0. The summed E-state index contributed by atoms with van der Waals surface area (Å²) in [5, 5.41) is 14.7. The van der Waals surface area contributed by atoms with Crippen LogP contribution >= 0.6 is 0 Å². The highest BCUT2D eigenvalue weighted by Crippen LogP contribution is 2.23. The third-order valence-corrected chi connectivity index (χ3v) is 4.35. The maximum atomic E-state index is 11.8. The molecule has 1 aliphatic rings. The van der Waals surface area contributed by atoms with Crippen molar-refractivity contribution in [2.45, 2.75) is 44.8 Å². The number of hydrogen-bond donors (Lipinski definition) is 3. The number of benzene rings is 1. The zero-order valence-corrected chi connectivity index (χ0v) is 13.5. The van der Waals surface area contributed by atoms with E-state index in [1.807, 2.05) is 6.07 Å². The number of nitrogens with zero attached hydrogens (tertiary/aromatic N) is 1. The largest absolute Gasteiger partial charge is 0.394 e. The molecule has 2 atom stereocenters. The van der Waals surface area contributed by atoms with Gasteiger partial charge in [-0.05, 0) is 32.3 Å². The van der Waals surface area contributed by atoms with E-state index in [9.17, 15) is 4.79 Å². The van der Waals surface area contributed by atoms with Crippen molar-refractivity contribution in [2.75, 3.05) is 19.7 Å². The van der Waals surface area contributed by atoms with Crippen molar-refractivity contribution in [2.24, 2.45) is 0 Å². The highest BCUT2D eigenvalue weighted by Gasteiger charge is 2.24. The summed E-state index contributed by atoms with van der Waals surface area (Å²) in [6.07, 6.45) is 1.91. The number of likely N-dealkylation sites (tertiary alicyclic amines) is 1. The standard InChI is InChI=1S/C17H27N3O2/c1-13(12-21)18-17(22)19-16-8-10-20(11-9-16)14(2)15-6-4-3-5-7-15/h3-7,13-14,16,21H,8-12H2,1-2H3,(H2,18,19,22)/t13-,14?/m0/s1. The molecular weight excluding hydrogens is 278 g/mol. The molecule has 0 saturated carbocycles. The summed E-state index contributed by atoms with van der Waals surface area (Å²) < 4.78 is 0. The van der Waals surface area contributed by atoms with Gasteiger partial charge in [-0.3, -0.25) is 4.90 Å². The quantitative estimate of drug-likeness (QED) is 0.778. The first kappa shape index (κ1) is 16.8. The fraction of sp³-hybridized carbons (Fsp3) is 0.588. The van der Waals surface area contributed by atoms with Gasteiger partial charge < -0.3 is 15.7 Å². The highest BCUT2D eigenvalue weighted by atomic mass is 16.3. The number of nitrogens with one attached hydrogen (secondary N) is 2. The second-order valence-electron chi connectivity index (χ2n) is 6.10. The zero-order valence-electron chi connectivity index (χ0n) is 13.5. The van der Waals surface area contributed by atoms with Gasteiger partial charge in [-0.2, -0.15) is 0 Å². The van der Waals surface area contributed by atoms with Crippen molar-refractivity contribution in [3.05, 3.63) is 35.9 Å². The Morgan fingerprint density at radius 1 is 1.27 bits per heavy atom. The maximum absolute atomic E-state index is 11.8. The minimum absolute atomic E-state index is 0.0412. The van der Waals surface area contributed by atoms with E-state index in [1.165, 1.54) is 5.56 Å². The Labute approximate surface area is 132 Å².